The van der Waals surface area contributed by atoms with Gasteiger partial charge in [0.15, 0.2) is 0 Å². The number of aliphatic carboxylic acids is 1. The summed E-state index contributed by atoms with van der Waals surface area (Å²) in [6.45, 7) is 10.8. The minimum atomic E-state index is -0.985. The number of ether oxygens (including phenoxy) is 1. The SMILES string of the molecule is CCCNC(C)(COC(C)CC(C)C)C(=O)O. The minimum Gasteiger partial charge on any atom is -0.480 e. The average Bonchev–Trinajstić information content (AvgIpc) is 2.22. The fourth-order valence-corrected chi connectivity index (χ4v) is 1.63. The summed E-state index contributed by atoms with van der Waals surface area (Å²) in [6.07, 6.45) is 1.95. The van der Waals surface area contributed by atoms with Gasteiger partial charge in [0.2, 0.25) is 0 Å². The van der Waals surface area contributed by atoms with Crippen LogP contribution in [-0.4, -0.2) is 35.9 Å². The van der Waals surface area contributed by atoms with Gasteiger partial charge in [0, 0.05) is 0 Å². The average molecular weight is 245 g/mol. The molecule has 0 aromatic rings. The molecule has 0 bridgehead atoms. The van der Waals surface area contributed by atoms with Crippen LogP contribution in [0.15, 0.2) is 0 Å². The van der Waals surface area contributed by atoms with Crippen molar-refractivity contribution in [3.63, 3.8) is 0 Å². The third kappa shape index (κ3) is 6.64. The molecule has 4 nitrogen and oxygen atoms in total. The smallest absolute Gasteiger partial charge is 0.326 e. The van der Waals surface area contributed by atoms with Crippen LogP contribution < -0.4 is 5.32 Å². The van der Waals surface area contributed by atoms with Gasteiger partial charge < -0.3 is 15.2 Å². The van der Waals surface area contributed by atoms with Gasteiger partial charge in [0.25, 0.3) is 0 Å². The van der Waals surface area contributed by atoms with E-state index < -0.39 is 11.5 Å². The Morgan fingerprint density at radius 2 is 2.00 bits per heavy atom. The van der Waals surface area contributed by atoms with Crippen molar-refractivity contribution in [3.8, 4) is 0 Å². The highest BCUT2D eigenvalue weighted by atomic mass is 16.5. The van der Waals surface area contributed by atoms with E-state index in [1.807, 2.05) is 13.8 Å². The van der Waals surface area contributed by atoms with E-state index in [2.05, 4.69) is 19.2 Å². The summed E-state index contributed by atoms with van der Waals surface area (Å²) >= 11 is 0. The Kier molecular flexibility index (Phi) is 7.39. The molecule has 0 saturated carbocycles. The maximum atomic E-state index is 11.2. The number of hydrogen-bond acceptors (Lipinski definition) is 3. The van der Waals surface area contributed by atoms with Gasteiger partial charge in [0.05, 0.1) is 12.7 Å². The molecule has 0 rings (SSSR count). The van der Waals surface area contributed by atoms with Gasteiger partial charge in [-0.25, -0.2) is 0 Å². The first kappa shape index (κ1) is 16.4. The van der Waals surface area contributed by atoms with E-state index in [0.29, 0.717) is 12.5 Å². The Morgan fingerprint density at radius 1 is 1.41 bits per heavy atom. The Hall–Kier alpha value is -0.610. The molecule has 0 aliphatic heterocycles. The summed E-state index contributed by atoms with van der Waals surface area (Å²) in [7, 11) is 0. The van der Waals surface area contributed by atoms with Gasteiger partial charge >= 0.3 is 5.97 Å². The molecule has 4 heteroatoms. The van der Waals surface area contributed by atoms with Crippen molar-refractivity contribution >= 4 is 5.97 Å². The van der Waals surface area contributed by atoms with Gasteiger partial charge in [-0.3, -0.25) is 4.79 Å². The zero-order valence-electron chi connectivity index (χ0n) is 11.7. The highest BCUT2D eigenvalue weighted by Gasteiger charge is 2.33. The van der Waals surface area contributed by atoms with Crippen molar-refractivity contribution in [3.05, 3.63) is 0 Å². The summed E-state index contributed by atoms with van der Waals surface area (Å²) in [6, 6.07) is 0. The summed E-state index contributed by atoms with van der Waals surface area (Å²) in [5.41, 5.74) is -0.985. The fraction of sp³-hybridized carbons (Fsp3) is 0.923. The number of carboxylic acid groups (broad SMARTS) is 1. The Bertz CT molecular complexity index is 231. The third-order valence-corrected chi connectivity index (χ3v) is 2.70. The Labute approximate surface area is 105 Å². The quantitative estimate of drug-likeness (QED) is 0.654. The molecule has 2 unspecified atom stereocenters. The zero-order chi connectivity index (χ0) is 13.5. The number of carboxylic acids is 1. The van der Waals surface area contributed by atoms with Crippen LogP contribution in [0.1, 0.15) is 47.5 Å². The van der Waals surface area contributed by atoms with Gasteiger partial charge in [-0.1, -0.05) is 20.8 Å². The van der Waals surface area contributed by atoms with E-state index >= 15 is 0 Å². The van der Waals surface area contributed by atoms with Crippen LogP contribution in [0.5, 0.6) is 0 Å². The first-order valence-corrected chi connectivity index (χ1v) is 6.41. The molecule has 2 N–H and O–H groups in total. The highest BCUT2D eigenvalue weighted by Crippen LogP contribution is 2.12. The van der Waals surface area contributed by atoms with Crippen molar-refractivity contribution in [1.82, 2.24) is 5.32 Å². The van der Waals surface area contributed by atoms with Gasteiger partial charge in [0.1, 0.15) is 5.54 Å². The van der Waals surface area contributed by atoms with E-state index in [9.17, 15) is 9.90 Å². The molecule has 0 saturated heterocycles. The van der Waals surface area contributed by atoms with Crippen molar-refractivity contribution < 1.29 is 14.6 Å². The van der Waals surface area contributed by atoms with Crippen molar-refractivity contribution in [2.45, 2.75) is 59.1 Å². The molecule has 17 heavy (non-hydrogen) atoms. The van der Waals surface area contributed by atoms with Crippen LogP contribution >= 0.6 is 0 Å². The molecule has 2 atom stereocenters. The number of nitrogens with one attached hydrogen (secondary N) is 1. The Morgan fingerprint density at radius 3 is 2.41 bits per heavy atom. The summed E-state index contributed by atoms with van der Waals surface area (Å²) in [5.74, 6) is -0.299. The number of carbonyl (C=O) groups is 1. The van der Waals surface area contributed by atoms with Crippen LogP contribution in [0, 0.1) is 5.92 Å². The molecule has 0 radical (unpaired) electrons. The van der Waals surface area contributed by atoms with E-state index in [1.165, 1.54) is 0 Å². The molecular formula is C13H27NO3. The molecular weight excluding hydrogens is 218 g/mol. The van der Waals surface area contributed by atoms with E-state index in [1.54, 1.807) is 6.92 Å². The maximum Gasteiger partial charge on any atom is 0.326 e. The van der Waals surface area contributed by atoms with Crippen molar-refractivity contribution in [2.24, 2.45) is 5.92 Å². The lowest BCUT2D eigenvalue weighted by molar-refractivity contribution is -0.147. The van der Waals surface area contributed by atoms with Gasteiger partial charge in [-0.2, -0.15) is 0 Å². The predicted molar refractivity (Wildman–Crippen MR) is 69.2 cm³/mol. The lowest BCUT2D eigenvalue weighted by atomic mass is 10.0. The lowest BCUT2D eigenvalue weighted by Gasteiger charge is -2.28. The normalized spacial score (nSPS) is 16.8. The number of hydrogen-bond donors (Lipinski definition) is 2. The van der Waals surface area contributed by atoms with Crippen LogP contribution in [-0.2, 0) is 9.53 Å². The zero-order valence-corrected chi connectivity index (χ0v) is 11.7. The highest BCUT2D eigenvalue weighted by molar-refractivity contribution is 5.78. The first-order valence-electron chi connectivity index (χ1n) is 6.41. The van der Waals surface area contributed by atoms with Gasteiger partial charge in [-0.15, -0.1) is 0 Å². The third-order valence-electron chi connectivity index (χ3n) is 2.70. The summed E-state index contributed by atoms with van der Waals surface area (Å²) in [4.78, 5) is 11.2. The molecule has 102 valence electrons. The molecule has 0 aromatic carbocycles. The van der Waals surface area contributed by atoms with Crippen LogP contribution in [0.25, 0.3) is 0 Å². The van der Waals surface area contributed by atoms with Crippen molar-refractivity contribution in [1.29, 1.82) is 0 Å². The maximum absolute atomic E-state index is 11.2. The van der Waals surface area contributed by atoms with Crippen LogP contribution in [0.3, 0.4) is 0 Å². The second-order valence-electron chi connectivity index (χ2n) is 5.32. The topological polar surface area (TPSA) is 58.6 Å². The molecule has 0 aromatic heterocycles. The van der Waals surface area contributed by atoms with E-state index in [-0.39, 0.29) is 12.7 Å². The molecule has 0 heterocycles. The minimum absolute atomic E-state index is 0.0945. The molecule has 0 aliphatic rings. The molecule has 0 amide bonds. The molecule has 0 spiro atoms. The second-order valence-corrected chi connectivity index (χ2v) is 5.32. The molecule has 0 aliphatic carbocycles. The Balaban J connectivity index is 4.21. The van der Waals surface area contributed by atoms with Crippen LogP contribution in [0.2, 0.25) is 0 Å². The second kappa shape index (κ2) is 7.67. The van der Waals surface area contributed by atoms with E-state index in [4.69, 9.17) is 4.74 Å². The predicted octanol–water partition coefficient (Wildman–Crippen LogP) is 2.28. The summed E-state index contributed by atoms with van der Waals surface area (Å²) in [5, 5.41) is 12.2. The standard InChI is InChI=1S/C13H27NO3/c1-6-7-14-13(5,12(15)16)9-17-11(4)8-10(2)3/h10-11,14H,6-9H2,1-5H3,(H,15,16). The van der Waals surface area contributed by atoms with E-state index in [0.717, 1.165) is 12.8 Å². The first-order chi connectivity index (χ1) is 7.81. The fourth-order valence-electron chi connectivity index (χ4n) is 1.63. The molecule has 0 fully saturated rings. The number of rotatable bonds is 9. The summed E-state index contributed by atoms with van der Waals surface area (Å²) < 4.78 is 5.63. The van der Waals surface area contributed by atoms with Gasteiger partial charge in [-0.05, 0) is 39.2 Å². The lowest BCUT2D eigenvalue weighted by Crippen LogP contribution is -2.53. The van der Waals surface area contributed by atoms with Crippen LogP contribution in [0.4, 0.5) is 0 Å². The van der Waals surface area contributed by atoms with Crippen molar-refractivity contribution in [2.75, 3.05) is 13.2 Å². The monoisotopic (exact) mass is 245 g/mol. The largest absolute Gasteiger partial charge is 0.480 e.